The van der Waals surface area contributed by atoms with Gasteiger partial charge in [-0.3, -0.25) is 9.69 Å². The monoisotopic (exact) mass is 359 g/mol. The molecule has 26 heavy (non-hydrogen) atoms. The van der Waals surface area contributed by atoms with Crippen molar-refractivity contribution in [1.29, 1.82) is 0 Å². The molecule has 6 nitrogen and oxygen atoms in total. The Hall–Kier alpha value is -2.15. The Bertz CT molecular complexity index is 838. The summed E-state index contributed by atoms with van der Waals surface area (Å²) in [6.45, 7) is 11.1. The lowest BCUT2D eigenvalue weighted by molar-refractivity contribution is -0.129. The summed E-state index contributed by atoms with van der Waals surface area (Å²) in [4.78, 5) is 22.4. The van der Waals surface area contributed by atoms with Crippen molar-refractivity contribution in [2.24, 2.45) is 0 Å². The molecule has 0 atom stereocenters. The van der Waals surface area contributed by atoms with Crippen molar-refractivity contribution in [3.05, 3.63) is 23.8 Å². The first kappa shape index (κ1) is 17.3. The van der Waals surface area contributed by atoms with Crippen molar-refractivity contribution in [2.75, 3.05) is 37.6 Å². The van der Waals surface area contributed by atoms with Gasteiger partial charge < -0.3 is 14.4 Å². The van der Waals surface area contributed by atoms with E-state index in [2.05, 4.69) is 28.6 Å². The number of hydrogen-bond acceptors (Lipinski definition) is 4. The fourth-order valence-electron chi connectivity index (χ4n) is 4.01. The largest absolute Gasteiger partial charge is 0.367 e. The smallest absolute Gasteiger partial charge is 0.219 e. The van der Waals surface area contributed by atoms with Gasteiger partial charge in [-0.25, -0.2) is 9.37 Å². The quantitative estimate of drug-likeness (QED) is 0.823. The maximum absolute atomic E-state index is 15.1. The Labute approximate surface area is 153 Å². The molecule has 2 aromatic rings. The molecule has 0 saturated carbocycles. The van der Waals surface area contributed by atoms with E-state index < -0.39 is 0 Å². The third-order valence-corrected chi connectivity index (χ3v) is 5.71. The maximum atomic E-state index is 15.1. The zero-order chi connectivity index (χ0) is 18.4. The SMILES string of the molecule is CC(=O)N1CCN(c2cnc3c(c2)c(F)c2n3CCN(C(C)C)C2)CC1. The van der Waals surface area contributed by atoms with Gasteiger partial charge in [0.25, 0.3) is 0 Å². The fraction of sp³-hybridized carbons (Fsp3) is 0.579. The zero-order valence-corrected chi connectivity index (χ0v) is 15.7. The highest BCUT2D eigenvalue weighted by atomic mass is 19.1. The molecular formula is C19H26FN5O. The molecule has 1 fully saturated rings. The van der Waals surface area contributed by atoms with Crippen LogP contribution in [-0.2, 0) is 17.9 Å². The number of nitrogens with zero attached hydrogens (tertiary/aromatic N) is 5. The molecule has 0 radical (unpaired) electrons. The molecule has 7 heteroatoms. The first-order valence-electron chi connectivity index (χ1n) is 9.37. The average molecular weight is 359 g/mol. The van der Waals surface area contributed by atoms with Gasteiger partial charge in [0.2, 0.25) is 5.91 Å². The van der Waals surface area contributed by atoms with E-state index >= 15 is 4.39 Å². The Morgan fingerprint density at radius 2 is 1.88 bits per heavy atom. The molecule has 1 saturated heterocycles. The summed E-state index contributed by atoms with van der Waals surface area (Å²) in [6.07, 6.45) is 1.84. The molecule has 0 N–H and O–H groups in total. The summed E-state index contributed by atoms with van der Waals surface area (Å²) < 4.78 is 17.1. The lowest BCUT2D eigenvalue weighted by atomic mass is 10.2. The van der Waals surface area contributed by atoms with Gasteiger partial charge in [0.1, 0.15) is 5.65 Å². The van der Waals surface area contributed by atoms with Crippen LogP contribution in [0.4, 0.5) is 10.1 Å². The van der Waals surface area contributed by atoms with Crippen LogP contribution < -0.4 is 4.90 Å². The van der Waals surface area contributed by atoms with E-state index in [1.54, 1.807) is 6.92 Å². The van der Waals surface area contributed by atoms with Gasteiger partial charge in [-0.1, -0.05) is 0 Å². The number of halogens is 1. The van der Waals surface area contributed by atoms with Crippen LogP contribution in [0.1, 0.15) is 26.5 Å². The molecule has 140 valence electrons. The molecule has 2 aliphatic rings. The lowest BCUT2D eigenvalue weighted by Gasteiger charge is -2.35. The number of piperazine rings is 1. The number of rotatable bonds is 2. The van der Waals surface area contributed by atoms with Crippen molar-refractivity contribution in [3.63, 3.8) is 0 Å². The highest BCUT2D eigenvalue weighted by Gasteiger charge is 2.27. The third kappa shape index (κ3) is 2.84. The average Bonchev–Trinajstić information content (AvgIpc) is 2.93. The number of hydrogen-bond donors (Lipinski definition) is 0. The molecular weight excluding hydrogens is 333 g/mol. The lowest BCUT2D eigenvalue weighted by Crippen LogP contribution is -2.48. The van der Waals surface area contributed by atoms with E-state index in [1.165, 1.54) is 0 Å². The van der Waals surface area contributed by atoms with E-state index in [0.29, 0.717) is 31.1 Å². The van der Waals surface area contributed by atoms with Crippen molar-refractivity contribution in [3.8, 4) is 0 Å². The van der Waals surface area contributed by atoms with Crippen LogP contribution in [0.5, 0.6) is 0 Å². The topological polar surface area (TPSA) is 44.6 Å². The van der Waals surface area contributed by atoms with E-state index in [4.69, 9.17) is 0 Å². The minimum atomic E-state index is -0.137. The molecule has 0 bridgehead atoms. The van der Waals surface area contributed by atoms with Crippen LogP contribution in [0.3, 0.4) is 0 Å². The number of fused-ring (bicyclic) bond motifs is 3. The molecule has 2 aliphatic heterocycles. The van der Waals surface area contributed by atoms with Crippen molar-refractivity contribution in [2.45, 2.75) is 39.9 Å². The fourth-order valence-corrected chi connectivity index (χ4v) is 4.01. The summed E-state index contributed by atoms with van der Waals surface area (Å²) in [5.74, 6) is -0.0267. The number of pyridine rings is 1. The van der Waals surface area contributed by atoms with Crippen LogP contribution in [0.15, 0.2) is 12.3 Å². The number of aromatic nitrogens is 2. The second-order valence-electron chi connectivity index (χ2n) is 7.53. The zero-order valence-electron chi connectivity index (χ0n) is 15.7. The van der Waals surface area contributed by atoms with E-state index in [9.17, 15) is 4.79 Å². The van der Waals surface area contributed by atoms with E-state index in [0.717, 1.165) is 43.2 Å². The van der Waals surface area contributed by atoms with E-state index in [-0.39, 0.29) is 11.7 Å². The predicted octanol–water partition coefficient (Wildman–Crippen LogP) is 2.07. The van der Waals surface area contributed by atoms with Gasteiger partial charge in [-0.05, 0) is 19.9 Å². The molecule has 4 rings (SSSR count). The van der Waals surface area contributed by atoms with E-state index in [1.807, 2.05) is 21.7 Å². The van der Waals surface area contributed by atoms with Gasteiger partial charge in [0, 0.05) is 58.8 Å². The summed E-state index contributed by atoms with van der Waals surface area (Å²) in [7, 11) is 0. The molecule has 0 spiro atoms. The summed E-state index contributed by atoms with van der Waals surface area (Å²) in [5, 5.41) is 0.608. The minimum absolute atomic E-state index is 0.110. The van der Waals surface area contributed by atoms with Crippen molar-refractivity contribution >= 4 is 22.6 Å². The molecule has 0 unspecified atom stereocenters. The summed E-state index contributed by atoms with van der Waals surface area (Å²) in [6, 6.07) is 2.33. The minimum Gasteiger partial charge on any atom is -0.367 e. The first-order valence-corrected chi connectivity index (χ1v) is 9.37. The normalized spacial score (nSPS) is 18.7. The number of carbonyl (C=O) groups excluding carboxylic acids is 1. The Kier molecular flexibility index (Phi) is 4.34. The number of anilines is 1. The van der Waals surface area contributed by atoms with Gasteiger partial charge in [0.05, 0.1) is 23.0 Å². The molecule has 2 aromatic heterocycles. The maximum Gasteiger partial charge on any atom is 0.219 e. The van der Waals surface area contributed by atoms with Gasteiger partial charge >= 0.3 is 0 Å². The Morgan fingerprint density at radius 1 is 1.15 bits per heavy atom. The van der Waals surface area contributed by atoms with Crippen molar-refractivity contribution < 1.29 is 9.18 Å². The van der Waals surface area contributed by atoms with Gasteiger partial charge in [-0.15, -0.1) is 0 Å². The second kappa shape index (κ2) is 6.54. The van der Waals surface area contributed by atoms with Crippen LogP contribution >= 0.6 is 0 Å². The molecule has 1 amide bonds. The third-order valence-electron chi connectivity index (χ3n) is 5.71. The Morgan fingerprint density at radius 3 is 2.54 bits per heavy atom. The highest BCUT2D eigenvalue weighted by Crippen LogP contribution is 2.30. The van der Waals surface area contributed by atoms with Crippen LogP contribution in [0.2, 0.25) is 0 Å². The van der Waals surface area contributed by atoms with Crippen LogP contribution in [0, 0.1) is 5.82 Å². The predicted molar refractivity (Wildman–Crippen MR) is 99.7 cm³/mol. The summed E-state index contributed by atoms with van der Waals surface area (Å²) in [5.41, 5.74) is 2.42. The number of carbonyl (C=O) groups is 1. The standard InChI is InChI=1S/C19H26FN5O/c1-13(2)24-8-9-25-17(12-24)18(20)16-10-15(11-21-19(16)25)23-6-4-22(5-7-23)14(3)26/h10-11,13H,4-9,12H2,1-3H3. The summed E-state index contributed by atoms with van der Waals surface area (Å²) >= 11 is 0. The van der Waals surface area contributed by atoms with Crippen molar-refractivity contribution in [1.82, 2.24) is 19.4 Å². The Balaban J connectivity index is 1.63. The molecule has 0 aliphatic carbocycles. The van der Waals surface area contributed by atoms with Crippen LogP contribution in [0.25, 0.3) is 11.0 Å². The van der Waals surface area contributed by atoms with Gasteiger partial charge in [-0.2, -0.15) is 0 Å². The van der Waals surface area contributed by atoms with Gasteiger partial charge in [0.15, 0.2) is 5.82 Å². The number of amides is 1. The molecule has 0 aromatic carbocycles. The molecule has 4 heterocycles. The first-order chi connectivity index (χ1) is 12.5. The van der Waals surface area contributed by atoms with Crippen LogP contribution in [-0.4, -0.2) is 64.0 Å². The second-order valence-corrected chi connectivity index (χ2v) is 7.53. The highest BCUT2D eigenvalue weighted by molar-refractivity contribution is 5.82.